The zero-order chi connectivity index (χ0) is 34.2. The molecule has 0 unspecified atom stereocenters. The SMILES string of the molecule is Cc1ccc(C(=O)NC2CCNCC2)cc1-c1cccc(C[C@H](NC(=O)C2CCC(CN)CC2)C(=O)Nc2ccc(-c3nn[nH]n3)cc2)c1. The number of benzene rings is 3. The standard InChI is InChI=1S/C37H45N9O3/c1-23-5-8-29(36(48)40-31-15-17-39-18-16-31)21-32(23)28-4-2-3-25(19-28)20-33(42-35(47)27-9-6-24(22-38)7-10-27)37(49)41-30-13-11-26(12-14-30)34-43-45-46-44-34/h2-5,8,11-14,19,21,24,27,31,33,39H,6-7,9-10,15-18,20,22,38H2,1H3,(H,40,48)(H,41,49)(H,42,47)(H,43,44,45,46)/t24?,27?,33-/m0/s1. The lowest BCUT2D eigenvalue weighted by molar-refractivity contribution is -0.130. The Bertz CT molecular complexity index is 1730. The van der Waals surface area contributed by atoms with Gasteiger partial charge >= 0.3 is 0 Å². The number of H-pyrrole nitrogens is 1. The molecule has 2 heterocycles. The Morgan fingerprint density at radius 1 is 0.918 bits per heavy atom. The third-order valence-electron chi connectivity index (χ3n) is 9.79. The predicted molar refractivity (Wildman–Crippen MR) is 188 cm³/mol. The Morgan fingerprint density at radius 2 is 1.69 bits per heavy atom. The fourth-order valence-corrected chi connectivity index (χ4v) is 6.79. The summed E-state index contributed by atoms with van der Waals surface area (Å²) in [5, 5.41) is 26.6. The van der Waals surface area contributed by atoms with Gasteiger partial charge in [0, 0.05) is 35.2 Å². The minimum Gasteiger partial charge on any atom is -0.349 e. The molecule has 3 amide bonds. The molecule has 1 aliphatic carbocycles. The van der Waals surface area contributed by atoms with Crippen LogP contribution in [-0.4, -0.2) is 70.1 Å². The summed E-state index contributed by atoms with van der Waals surface area (Å²) >= 11 is 0. The van der Waals surface area contributed by atoms with Crippen molar-refractivity contribution in [2.45, 2.75) is 64.0 Å². The number of aryl methyl sites for hydroxylation is 1. The van der Waals surface area contributed by atoms with Crippen LogP contribution in [0, 0.1) is 18.8 Å². The second-order valence-corrected chi connectivity index (χ2v) is 13.2. The maximum Gasteiger partial charge on any atom is 0.251 e. The van der Waals surface area contributed by atoms with Gasteiger partial charge in [0.15, 0.2) is 0 Å². The van der Waals surface area contributed by atoms with Crippen LogP contribution in [0.25, 0.3) is 22.5 Å². The molecule has 12 heteroatoms. The molecule has 0 radical (unpaired) electrons. The third kappa shape index (κ3) is 8.76. The molecule has 1 aliphatic heterocycles. The number of piperidine rings is 1. The van der Waals surface area contributed by atoms with Crippen LogP contribution in [0.15, 0.2) is 66.7 Å². The van der Waals surface area contributed by atoms with Crippen molar-refractivity contribution in [3.8, 4) is 22.5 Å². The molecule has 1 saturated carbocycles. The molecule has 0 spiro atoms. The molecular formula is C37H45N9O3. The summed E-state index contributed by atoms with van der Waals surface area (Å²) in [6.07, 6.45) is 5.46. The van der Waals surface area contributed by atoms with Gasteiger partial charge < -0.3 is 27.0 Å². The lowest BCUT2D eigenvalue weighted by atomic mass is 9.81. The first-order chi connectivity index (χ1) is 23.9. The third-order valence-corrected chi connectivity index (χ3v) is 9.79. The van der Waals surface area contributed by atoms with Crippen LogP contribution in [0.5, 0.6) is 0 Å². The van der Waals surface area contributed by atoms with E-state index in [1.807, 2.05) is 49.4 Å². The van der Waals surface area contributed by atoms with Crippen LogP contribution in [-0.2, 0) is 16.0 Å². The number of nitrogens with one attached hydrogen (secondary N) is 5. The average Bonchev–Trinajstić information content (AvgIpc) is 3.68. The lowest BCUT2D eigenvalue weighted by Crippen LogP contribution is -2.48. The molecule has 3 aromatic carbocycles. The number of nitrogens with two attached hydrogens (primary N) is 1. The van der Waals surface area contributed by atoms with Gasteiger partial charge in [0.1, 0.15) is 6.04 Å². The maximum atomic E-state index is 13.8. The van der Waals surface area contributed by atoms with E-state index in [1.54, 1.807) is 24.3 Å². The summed E-state index contributed by atoms with van der Waals surface area (Å²) in [7, 11) is 0. The lowest BCUT2D eigenvalue weighted by Gasteiger charge is -2.28. The average molecular weight is 664 g/mol. The molecule has 2 fully saturated rings. The fraction of sp³-hybridized carbons (Fsp3) is 0.405. The highest BCUT2D eigenvalue weighted by Crippen LogP contribution is 2.29. The van der Waals surface area contributed by atoms with Crippen LogP contribution in [0.4, 0.5) is 5.69 Å². The number of anilines is 1. The van der Waals surface area contributed by atoms with Gasteiger partial charge in [0.2, 0.25) is 17.6 Å². The van der Waals surface area contributed by atoms with E-state index in [0.717, 1.165) is 79.4 Å². The number of amides is 3. The number of hydrogen-bond acceptors (Lipinski definition) is 8. The van der Waals surface area contributed by atoms with E-state index < -0.39 is 6.04 Å². The van der Waals surface area contributed by atoms with E-state index in [9.17, 15) is 14.4 Å². The monoisotopic (exact) mass is 663 g/mol. The van der Waals surface area contributed by atoms with E-state index in [1.165, 1.54) is 0 Å². The number of rotatable bonds is 11. The molecule has 6 rings (SSSR count). The van der Waals surface area contributed by atoms with Gasteiger partial charge in [-0.25, -0.2) is 0 Å². The second-order valence-electron chi connectivity index (χ2n) is 13.2. The zero-order valence-corrected chi connectivity index (χ0v) is 27.9. The Hall–Kier alpha value is -4.94. The van der Waals surface area contributed by atoms with Crippen molar-refractivity contribution in [2.75, 3.05) is 25.0 Å². The largest absolute Gasteiger partial charge is 0.349 e. The summed E-state index contributed by atoms with van der Waals surface area (Å²) in [6, 6.07) is 20.2. The van der Waals surface area contributed by atoms with Crippen molar-refractivity contribution in [2.24, 2.45) is 17.6 Å². The normalized spacial score (nSPS) is 18.7. The van der Waals surface area contributed by atoms with Crippen LogP contribution in [0.3, 0.4) is 0 Å². The number of nitrogens with zero attached hydrogens (tertiary/aromatic N) is 3. The summed E-state index contributed by atoms with van der Waals surface area (Å²) in [5.74, 6) is 0.251. The predicted octanol–water partition coefficient (Wildman–Crippen LogP) is 3.76. The highest BCUT2D eigenvalue weighted by Gasteiger charge is 2.29. The van der Waals surface area contributed by atoms with Crippen molar-refractivity contribution in [1.82, 2.24) is 36.6 Å². The number of aromatic amines is 1. The molecular weight excluding hydrogens is 618 g/mol. The van der Waals surface area contributed by atoms with Gasteiger partial charge in [-0.15, -0.1) is 10.2 Å². The highest BCUT2D eigenvalue weighted by molar-refractivity contribution is 5.98. The number of aromatic nitrogens is 4. The molecule has 0 bridgehead atoms. The van der Waals surface area contributed by atoms with Crippen molar-refractivity contribution in [3.63, 3.8) is 0 Å². The molecule has 12 nitrogen and oxygen atoms in total. The number of tetrazole rings is 1. The van der Waals surface area contributed by atoms with Crippen LogP contribution in [0.2, 0.25) is 0 Å². The van der Waals surface area contributed by atoms with E-state index in [2.05, 4.69) is 41.9 Å². The highest BCUT2D eigenvalue weighted by atomic mass is 16.2. The van der Waals surface area contributed by atoms with Crippen molar-refractivity contribution in [1.29, 1.82) is 0 Å². The maximum absolute atomic E-state index is 13.8. The summed E-state index contributed by atoms with van der Waals surface area (Å²) < 4.78 is 0. The van der Waals surface area contributed by atoms with E-state index in [4.69, 9.17) is 5.73 Å². The minimum atomic E-state index is -0.810. The molecule has 1 aromatic heterocycles. The molecule has 4 aromatic rings. The minimum absolute atomic E-state index is 0.0745. The number of carbonyl (C=O) groups excluding carboxylic acids is 3. The molecule has 49 heavy (non-hydrogen) atoms. The molecule has 256 valence electrons. The van der Waals surface area contributed by atoms with Crippen molar-refractivity contribution < 1.29 is 14.4 Å². The smallest absolute Gasteiger partial charge is 0.251 e. The second kappa shape index (κ2) is 16.0. The van der Waals surface area contributed by atoms with E-state index >= 15 is 0 Å². The molecule has 1 atom stereocenters. The van der Waals surface area contributed by atoms with E-state index in [-0.39, 0.29) is 29.7 Å². The number of hydrogen-bond donors (Lipinski definition) is 6. The topological polar surface area (TPSA) is 180 Å². The van der Waals surface area contributed by atoms with Crippen molar-refractivity contribution >= 4 is 23.4 Å². The number of carbonyl (C=O) groups is 3. The van der Waals surface area contributed by atoms with Crippen molar-refractivity contribution in [3.05, 3.63) is 83.4 Å². The quantitative estimate of drug-likeness (QED) is 0.140. The first kappa shape index (κ1) is 33.9. The van der Waals surface area contributed by atoms with Gasteiger partial charge in [0.25, 0.3) is 5.91 Å². The zero-order valence-electron chi connectivity index (χ0n) is 27.9. The fourth-order valence-electron chi connectivity index (χ4n) is 6.79. The summed E-state index contributed by atoms with van der Waals surface area (Å²) in [5.41, 5.74) is 11.6. The first-order valence-corrected chi connectivity index (χ1v) is 17.2. The van der Waals surface area contributed by atoms with Gasteiger partial charge in [0.05, 0.1) is 0 Å². The van der Waals surface area contributed by atoms with Gasteiger partial charge in [-0.2, -0.15) is 5.21 Å². The molecule has 2 aliphatic rings. The Labute approximate surface area is 286 Å². The van der Waals surface area contributed by atoms with E-state index in [0.29, 0.717) is 36.0 Å². The Kier molecular flexibility index (Phi) is 11.1. The van der Waals surface area contributed by atoms with Crippen LogP contribution < -0.4 is 27.0 Å². The molecule has 1 saturated heterocycles. The van der Waals surface area contributed by atoms with Crippen LogP contribution >= 0.6 is 0 Å². The first-order valence-electron chi connectivity index (χ1n) is 17.2. The summed E-state index contributed by atoms with van der Waals surface area (Å²) in [6.45, 7) is 4.46. The van der Waals surface area contributed by atoms with Crippen LogP contribution in [0.1, 0.15) is 60.0 Å². The summed E-state index contributed by atoms with van der Waals surface area (Å²) in [4.78, 5) is 40.5. The Balaban J connectivity index is 1.20. The van der Waals surface area contributed by atoms with Gasteiger partial charge in [-0.3, -0.25) is 14.4 Å². The van der Waals surface area contributed by atoms with Gasteiger partial charge in [-0.05, 0) is 135 Å². The van der Waals surface area contributed by atoms with Gasteiger partial charge in [-0.1, -0.05) is 30.3 Å². The molecule has 7 N–H and O–H groups in total. The Morgan fingerprint density at radius 3 is 2.41 bits per heavy atom.